The van der Waals surface area contributed by atoms with Crippen LogP contribution in [0.5, 0.6) is 0 Å². The van der Waals surface area contributed by atoms with Gasteiger partial charge in [0.15, 0.2) is 6.61 Å². The number of carbonyl (C=O) groups excluding carboxylic acids is 2. The minimum absolute atomic E-state index is 0.166. The maximum absolute atomic E-state index is 12.0. The summed E-state index contributed by atoms with van der Waals surface area (Å²) in [6.07, 6.45) is 0. The summed E-state index contributed by atoms with van der Waals surface area (Å²) in [6, 6.07) is 9.32. The molecule has 0 unspecified atom stereocenters. The summed E-state index contributed by atoms with van der Waals surface area (Å²) >= 11 is 0. The van der Waals surface area contributed by atoms with Crippen molar-refractivity contribution in [2.45, 2.75) is 20.8 Å². The molecule has 1 amide bonds. The van der Waals surface area contributed by atoms with Crippen molar-refractivity contribution in [3.8, 4) is 11.3 Å². The third-order valence-corrected chi connectivity index (χ3v) is 3.69. The molecule has 3 rings (SSSR count). The maximum atomic E-state index is 12.0. The van der Waals surface area contributed by atoms with E-state index in [0.717, 1.165) is 11.1 Å². The lowest BCUT2D eigenvalue weighted by Gasteiger charge is -2.03. The second-order valence-corrected chi connectivity index (χ2v) is 5.77. The Kier molecular flexibility index (Phi) is 4.83. The van der Waals surface area contributed by atoms with Gasteiger partial charge in [-0.2, -0.15) is 0 Å². The van der Waals surface area contributed by atoms with E-state index in [0.29, 0.717) is 17.1 Å². The first kappa shape index (κ1) is 17.4. The van der Waals surface area contributed by atoms with Crippen molar-refractivity contribution in [3.05, 3.63) is 52.9 Å². The fraction of sp³-hybridized carbons (Fsp3) is 0.222. The summed E-state index contributed by atoms with van der Waals surface area (Å²) in [6.45, 7) is 4.73. The average molecular weight is 355 g/mol. The van der Waals surface area contributed by atoms with Crippen molar-refractivity contribution in [3.63, 3.8) is 0 Å². The molecule has 134 valence electrons. The monoisotopic (exact) mass is 355 g/mol. The molecule has 8 heteroatoms. The molecule has 2 heterocycles. The number of nitrogens with zero attached hydrogens (tertiary/aromatic N) is 2. The number of rotatable bonds is 5. The fourth-order valence-corrected chi connectivity index (χ4v) is 2.35. The highest BCUT2D eigenvalue weighted by Gasteiger charge is 2.20. The molecule has 0 spiro atoms. The molecule has 0 aliphatic carbocycles. The molecule has 1 N–H and O–H groups in total. The van der Waals surface area contributed by atoms with Gasteiger partial charge >= 0.3 is 5.97 Å². The number of amides is 1. The van der Waals surface area contributed by atoms with Crippen LogP contribution in [-0.4, -0.2) is 28.8 Å². The van der Waals surface area contributed by atoms with Crippen LogP contribution in [0.4, 0.5) is 5.88 Å². The molecule has 2 aromatic heterocycles. The number of hydrogen-bond donors (Lipinski definition) is 1. The molecule has 0 aliphatic rings. The normalized spacial score (nSPS) is 10.6. The highest BCUT2D eigenvalue weighted by atomic mass is 16.5. The number of carbonyl (C=O) groups is 2. The topological polar surface area (TPSA) is 107 Å². The van der Waals surface area contributed by atoms with Gasteiger partial charge in [-0.05, 0) is 20.8 Å². The van der Waals surface area contributed by atoms with Crippen molar-refractivity contribution >= 4 is 17.8 Å². The smallest absolute Gasteiger partial charge is 0.344 e. The molecule has 0 fully saturated rings. The van der Waals surface area contributed by atoms with Crippen molar-refractivity contribution < 1.29 is 23.4 Å². The highest BCUT2D eigenvalue weighted by molar-refractivity contribution is 5.95. The SMILES string of the molecule is Cc1ccc(-c2cc(NC(=O)COC(=O)c3c(C)noc3C)on2)cc1. The molecule has 0 bridgehead atoms. The molecule has 1 aromatic carbocycles. The van der Waals surface area contributed by atoms with Gasteiger partial charge in [0.25, 0.3) is 5.91 Å². The zero-order chi connectivity index (χ0) is 18.7. The molecule has 0 atom stereocenters. The number of esters is 1. The van der Waals surface area contributed by atoms with Gasteiger partial charge in [0.05, 0.1) is 5.69 Å². The lowest BCUT2D eigenvalue weighted by Crippen LogP contribution is -2.21. The number of nitrogens with one attached hydrogen (secondary N) is 1. The van der Waals surface area contributed by atoms with E-state index in [4.69, 9.17) is 13.8 Å². The fourth-order valence-electron chi connectivity index (χ4n) is 2.35. The molecule has 3 aromatic rings. The summed E-state index contributed by atoms with van der Waals surface area (Å²) in [5.74, 6) is -0.712. The Bertz CT molecular complexity index is 921. The van der Waals surface area contributed by atoms with Crippen molar-refractivity contribution in [1.29, 1.82) is 0 Å². The third-order valence-electron chi connectivity index (χ3n) is 3.69. The second-order valence-electron chi connectivity index (χ2n) is 5.77. The van der Waals surface area contributed by atoms with E-state index in [-0.39, 0.29) is 11.4 Å². The first-order valence-corrected chi connectivity index (χ1v) is 7.87. The standard InChI is InChI=1S/C18H17N3O5/c1-10-4-6-13(7-5-10)14-8-16(26-21-14)19-15(22)9-24-18(23)17-11(2)20-25-12(17)3/h4-8H,9H2,1-3H3,(H,19,22). The van der Waals surface area contributed by atoms with Crippen molar-refractivity contribution in [2.75, 3.05) is 11.9 Å². The quantitative estimate of drug-likeness (QED) is 0.701. The number of benzene rings is 1. The Morgan fingerprint density at radius 1 is 1.08 bits per heavy atom. The molecular weight excluding hydrogens is 338 g/mol. The summed E-state index contributed by atoms with van der Waals surface area (Å²) < 4.78 is 15.0. The Hall–Kier alpha value is -3.42. The summed E-state index contributed by atoms with van der Waals surface area (Å²) in [5.41, 5.74) is 3.22. The van der Waals surface area contributed by atoms with E-state index in [9.17, 15) is 9.59 Å². The van der Waals surface area contributed by atoms with Gasteiger partial charge in [-0.15, -0.1) is 0 Å². The highest BCUT2D eigenvalue weighted by Crippen LogP contribution is 2.22. The van der Waals surface area contributed by atoms with Gasteiger partial charge in [-0.25, -0.2) is 4.79 Å². The Labute approximate surface area is 149 Å². The van der Waals surface area contributed by atoms with Crippen LogP contribution in [0.15, 0.2) is 39.4 Å². The van der Waals surface area contributed by atoms with Crippen LogP contribution in [-0.2, 0) is 9.53 Å². The average Bonchev–Trinajstić information content (AvgIpc) is 3.20. The van der Waals surface area contributed by atoms with Crippen molar-refractivity contribution in [1.82, 2.24) is 10.3 Å². The predicted molar refractivity (Wildman–Crippen MR) is 91.6 cm³/mol. The first-order valence-electron chi connectivity index (χ1n) is 7.87. The zero-order valence-electron chi connectivity index (χ0n) is 14.5. The minimum Gasteiger partial charge on any atom is -0.452 e. The van der Waals surface area contributed by atoms with Gasteiger partial charge in [0.2, 0.25) is 5.88 Å². The number of hydrogen-bond acceptors (Lipinski definition) is 7. The molecular formula is C18H17N3O5. The van der Waals surface area contributed by atoms with Gasteiger partial charge in [-0.1, -0.05) is 40.1 Å². The van der Waals surface area contributed by atoms with Crippen LogP contribution < -0.4 is 5.32 Å². The molecule has 0 radical (unpaired) electrons. The van der Waals surface area contributed by atoms with Crippen LogP contribution in [0.2, 0.25) is 0 Å². The van der Waals surface area contributed by atoms with E-state index in [2.05, 4.69) is 15.6 Å². The van der Waals surface area contributed by atoms with Crippen LogP contribution in [0.25, 0.3) is 11.3 Å². The van der Waals surface area contributed by atoms with Crippen LogP contribution in [0.3, 0.4) is 0 Å². The summed E-state index contributed by atoms with van der Waals surface area (Å²) in [7, 11) is 0. The molecule has 26 heavy (non-hydrogen) atoms. The van der Waals surface area contributed by atoms with E-state index < -0.39 is 18.5 Å². The third kappa shape index (κ3) is 3.80. The molecule has 0 saturated carbocycles. The predicted octanol–water partition coefficient (Wildman–Crippen LogP) is 3.05. The maximum Gasteiger partial charge on any atom is 0.344 e. The van der Waals surface area contributed by atoms with Gasteiger partial charge in [0.1, 0.15) is 17.0 Å². The summed E-state index contributed by atoms with van der Waals surface area (Å²) in [5, 5.41) is 10.1. The molecule has 0 saturated heterocycles. The lowest BCUT2D eigenvalue weighted by atomic mass is 10.1. The van der Waals surface area contributed by atoms with Crippen LogP contribution in [0.1, 0.15) is 27.4 Å². The zero-order valence-corrected chi connectivity index (χ0v) is 14.5. The number of aromatic nitrogens is 2. The molecule has 8 nitrogen and oxygen atoms in total. The van der Waals surface area contributed by atoms with E-state index in [1.165, 1.54) is 0 Å². The minimum atomic E-state index is -0.672. The first-order chi connectivity index (χ1) is 12.4. The van der Waals surface area contributed by atoms with Crippen molar-refractivity contribution in [2.24, 2.45) is 0 Å². The van der Waals surface area contributed by atoms with E-state index in [1.807, 2.05) is 31.2 Å². The largest absolute Gasteiger partial charge is 0.452 e. The molecule has 0 aliphatic heterocycles. The number of ether oxygens (including phenoxy) is 1. The Balaban J connectivity index is 1.57. The van der Waals surface area contributed by atoms with E-state index >= 15 is 0 Å². The van der Waals surface area contributed by atoms with E-state index in [1.54, 1.807) is 19.9 Å². The Morgan fingerprint density at radius 2 is 1.81 bits per heavy atom. The van der Waals surface area contributed by atoms with Gasteiger partial charge < -0.3 is 13.8 Å². The van der Waals surface area contributed by atoms with Crippen LogP contribution in [0, 0.1) is 20.8 Å². The van der Waals surface area contributed by atoms with Crippen LogP contribution >= 0.6 is 0 Å². The number of aryl methyl sites for hydroxylation is 3. The van der Waals surface area contributed by atoms with Gasteiger partial charge in [0, 0.05) is 11.6 Å². The summed E-state index contributed by atoms with van der Waals surface area (Å²) in [4.78, 5) is 23.9. The van der Waals surface area contributed by atoms with Gasteiger partial charge in [-0.3, -0.25) is 10.1 Å². The number of anilines is 1. The Morgan fingerprint density at radius 3 is 2.46 bits per heavy atom. The lowest BCUT2D eigenvalue weighted by molar-refractivity contribution is -0.119. The second kappa shape index (κ2) is 7.22.